The largest absolute Gasteiger partial charge is 0.393 e. The summed E-state index contributed by atoms with van der Waals surface area (Å²) in [7, 11) is 0. The highest BCUT2D eigenvalue weighted by atomic mass is 16.3. The van der Waals surface area contributed by atoms with Gasteiger partial charge in [0.1, 0.15) is 11.8 Å². The Bertz CT molecular complexity index is 344. The van der Waals surface area contributed by atoms with Gasteiger partial charge in [-0.1, -0.05) is 0 Å². The van der Waals surface area contributed by atoms with E-state index in [1.54, 1.807) is 19.2 Å². The van der Waals surface area contributed by atoms with E-state index in [1.807, 2.05) is 12.1 Å². The molecule has 1 aromatic heterocycles. The van der Waals surface area contributed by atoms with Crippen LogP contribution in [0.1, 0.15) is 25.5 Å². The van der Waals surface area contributed by atoms with E-state index >= 15 is 0 Å². The van der Waals surface area contributed by atoms with Crippen LogP contribution in [-0.2, 0) is 0 Å². The third-order valence-electron chi connectivity index (χ3n) is 2.00. The van der Waals surface area contributed by atoms with E-state index in [9.17, 15) is 0 Å². The topological polar surface area (TPSA) is 68.9 Å². The predicted octanol–water partition coefficient (Wildman–Crippen LogP) is 1.53. The molecule has 0 fully saturated rings. The second kappa shape index (κ2) is 5.99. The van der Waals surface area contributed by atoms with Gasteiger partial charge in [0, 0.05) is 18.4 Å². The Labute approximate surface area is 89.6 Å². The summed E-state index contributed by atoms with van der Waals surface area (Å²) in [4.78, 5) is 3.87. The quantitative estimate of drug-likeness (QED) is 0.715. The number of nitrogens with one attached hydrogen (secondary N) is 1. The minimum Gasteiger partial charge on any atom is -0.393 e. The van der Waals surface area contributed by atoms with E-state index in [4.69, 9.17) is 10.4 Å². The van der Waals surface area contributed by atoms with Gasteiger partial charge in [0.05, 0.1) is 6.10 Å². The molecule has 0 aliphatic heterocycles. The Morgan fingerprint density at radius 3 is 3.13 bits per heavy atom. The van der Waals surface area contributed by atoms with E-state index < -0.39 is 0 Å². The van der Waals surface area contributed by atoms with Crippen molar-refractivity contribution in [3.8, 4) is 6.07 Å². The van der Waals surface area contributed by atoms with Gasteiger partial charge in [0.2, 0.25) is 0 Å². The zero-order valence-corrected chi connectivity index (χ0v) is 8.77. The van der Waals surface area contributed by atoms with Gasteiger partial charge in [-0.15, -0.1) is 0 Å². The monoisotopic (exact) mass is 205 g/mol. The van der Waals surface area contributed by atoms with Crippen LogP contribution in [0.2, 0.25) is 0 Å². The first-order valence-electron chi connectivity index (χ1n) is 5.00. The summed E-state index contributed by atoms with van der Waals surface area (Å²) in [5.74, 6) is 0. The van der Waals surface area contributed by atoms with Crippen LogP contribution in [0.25, 0.3) is 0 Å². The predicted molar refractivity (Wildman–Crippen MR) is 58.4 cm³/mol. The number of hydrogen-bond acceptors (Lipinski definition) is 4. The van der Waals surface area contributed by atoms with E-state index in [0.29, 0.717) is 5.69 Å². The highest BCUT2D eigenvalue weighted by molar-refractivity contribution is 5.45. The summed E-state index contributed by atoms with van der Waals surface area (Å²) in [6, 6.07) is 5.52. The van der Waals surface area contributed by atoms with Gasteiger partial charge in [0.25, 0.3) is 0 Å². The minimum absolute atomic E-state index is 0.251. The molecule has 0 amide bonds. The minimum atomic E-state index is -0.251. The molecule has 80 valence electrons. The number of aliphatic hydroxyl groups excluding tert-OH is 1. The zero-order valence-electron chi connectivity index (χ0n) is 8.77. The van der Waals surface area contributed by atoms with Gasteiger partial charge >= 0.3 is 0 Å². The third-order valence-corrected chi connectivity index (χ3v) is 2.00. The molecule has 1 heterocycles. The molecule has 4 nitrogen and oxygen atoms in total. The molecule has 1 aromatic rings. The maximum absolute atomic E-state index is 9.05. The van der Waals surface area contributed by atoms with Crippen molar-refractivity contribution in [1.82, 2.24) is 4.98 Å². The molecule has 0 aliphatic rings. The van der Waals surface area contributed by atoms with E-state index in [1.165, 1.54) is 0 Å². The van der Waals surface area contributed by atoms with Crippen LogP contribution in [0.5, 0.6) is 0 Å². The Balaban J connectivity index is 2.35. The zero-order chi connectivity index (χ0) is 11.1. The average Bonchev–Trinajstić information content (AvgIpc) is 2.24. The third kappa shape index (κ3) is 4.43. The summed E-state index contributed by atoms with van der Waals surface area (Å²) >= 11 is 0. The maximum Gasteiger partial charge on any atom is 0.142 e. The normalized spacial score (nSPS) is 11.8. The van der Waals surface area contributed by atoms with Crippen LogP contribution in [0.3, 0.4) is 0 Å². The van der Waals surface area contributed by atoms with Gasteiger partial charge in [-0.3, -0.25) is 0 Å². The van der Waals surface area contributed by atoms with Gasteiger partial charge in [0.15, 0.2) is 0 Å². The van der Waals surface area contributed by atoms with Crippen LogP contribution < -0.4 is 5.32 Å². The molecule has 2 N–H and O–H groups in total. The lowest BCUT2D eigenvalue weighted by atomic mass is 10.2. The molecule has 4 heteroatoms. The highest BCUT2D eigenvalue weighted by Crippen LogP contribution is 2.07. The van der Waals surface area contributed by atoms with Crippen LogP contribution in [0.15, 0.2) is 18.3 Å². The first kappa shape index (κ1) is 11.5. The molecule has 0 aromatic carbocycles. The maximum atomic E-state index is 9.05. The molecule has 0 spiro atoms. The first-order chi connectivity index (χ1) is 7.22. The lowest BCUT2D eigenvalue weighted by Gasteiger charge is -2.07. The molecule has 0 radical (unpaired) electrons. The lowest BCUT2D eigenvalue weighted by molar-refractivity contribution is 0.183. The summed E-state index contributed by atoms with van der Waals surface area (Å²) < 4.78 is 0. The smallest absolute Gasteiger partial charge is 0.142 e. The standard InChI is InChI=1S/C11H15N3O/c1-9(15)3-2-5-13-10-4-6-14-11(7-10)8-12/h4,6-7,9,15H,2-3,5H2,1H3,(H,13,14). The molecule has 0 saturated heterocycles. The highest BCUT2D eigenvalue weighted by Gasteiger charge is 1.97. The summed E-state index contributed by atoms with van der Waals surface area (Å²) in [5.41, 5.74) is 1.31. The summed E-state index contributed by atoms with van der Waals surface area (Å²) in [6.45, 7) is 2.57. The Morgan fingerprint density at radius 1 is 1.67 bits per heavy atom. The van der Waals surface area contributed by atoms with Crippen molar-refractivity contribution < 1.29 is 5.11 Å². The van der Waals surface area contributed by atoms with Gasteiger partial charge in [-0.2, -0.15) is 5.26 Å². The molecule has 15 heavy (non-hydrogen) atoms. The molecule has 0 saturated carbocycles. The van der Waals surface area contributed by atoms with Crippen molar-refractivity contribution in [1.29, 1.82) is 5.26 Å². The number of rotatable bonds is 5. The Hall–Kier alpha value is -1.60. The van der Waals surface area contributed by atoms with Crippen LogP contribution >= 0.6 is 0 Å². The van der Waals surface area contributed by atoms with Crippen LogP contribution in [0, 0.1) is 11.3 Å². The van der Waals surface area contributed by atoms with Crippen molar-refractivity contribution in [2.24, 2.45) is 0 Å². The number of anilines is 1. The molecular formula is C11H15N3O. The second-order valence-corrected chi connectivity index (χ2v) is 3.46. The SMILES string of the molecule is CC(O)CCCNc1ccnc(C#N)c1. The summed E-state index contributed by atoms with van der Waals surface area (Å²) in [6.07, 6.45) is 3.04. The number of nitrogens with zero attached hydrogens (tertiary/aromatic N) is 2. The Morgan fingerprint density at radius 2 is 2.47 bits per heavy atom. The number of aromatic nitrogens is 1. The molecule has 1 rings (SSSR count). The number of pyridine rings is 1. The number of aliphatic hydroxyl groups is 1. The first-order valence-corrected chi connectivity index (χ1v) is 5.00. The summed E-state index contributed by atoms with van der Waals surface area (Å²) in [5, 5.41) is 20.9. The van der Waals surface area contributed by atoms with Gasteiger partial charge < -0.3 is 10.4 Å². The number of hydrogen-bond donors (Lipinski definition) is 2. The number of nitriles is 1. The van der Waals surface area contributed by atoms with Crippen molar-refractivity contribution >= 4 is 5.69 Å². The van der Waals surface area contributed by atoms with Gasteiger partial charge in [-0.25, -0.2) is 4.98 Å². The fourth-order valence-electron chi connectivity index (χ4n) is 1.23. The van der Waals surface area contributed by atoms with E-state index in [-0.39, 0.29) is 6.10 Å². The second-order valence-electron chi connectivity index (χ2n) is 3.46. The average molecular weight is 205 g/mol. The Kier molecular flexibility index (Phi) is 4.58. The molecule has 0 bridgehead atoms. The van der Waals surface area contributed by atoms with Crippen LogP contribution in [-0.4, -0.2) is 22.7 Å². The fraction of sp³-hybridized carbons (Fsp3) is 0.455. The van der Waals surface area contributed by atoms with E-state index in [0.717, 1.165) is 25.1 Å². The van der Waals surface area contributed by atoms with Gasteiger partial charge in [-0.05, 0) is 31.9 Å². The lowest BCUT2D eigenvalue weighted by Crippen LogP contribution is -2.06. The van der Waals surface area contributed by atoms with E-state index in [2.05, 4.69) is 10.3 Å². The molecule has 0 aliphatic carbocycles. The molecule has 1 atom stereocenters. The van der Waals surface area contributed by atoms with Crippen LogP contribution in [0.4, 0.5) is 5.69 Å². The van der Waals surface area contributed by atoms with Crippen molar-refractivity contribution in [3.05, 3.63) is 24.0 Å². The van der Waals surface area contributed by atoms with Crippen molar-refractivity contribution in [2.75, 3.05) is 11.9 Å². The molecule has 1 unspecified atom stereocenters. The van der Waals surface area contributed by atoms with Crippen molar-refractivity contribution in [2.45, 2.75) is 25.9 Å². The molecular weight excluding hydrogens is 190 g/mol. The fourth-order valence-corrected chi connectivity index (χ4v) is 1.23. The van der Waals surface area contributed by atoms with Crippen molar-refractivity contribution in [3.63, 3.8) is 0 Å².